The van der Waals surface area contributed by atoms with Gasteiger partial charge in [0, 0.05) is 123 Å². The molecule has 56 nitrogen and oxygen atoms in total. The van der Waals surface area contributed by atoms with E-state index in [-0.39, 0.29) is 158 Å². The molecule has 0 heterocycles. The maximum atomic E-state index is 13.2. The van der Waals surface area contributed by atoms with Gasteiger partial charge in [-0.3, -0.25) is 67.7 Å². The van der Waals surface area contributed by atoms with Crippen molar-refractivity contribution in [3.63, 3.8) is 0 Å². The molecule has 0 spiro atoms. The van der Waals surface area contributed by atoms with Gasteiger partial charge in [-0.1, -0.05) is 0 Å². The van der Waals surface area contributed by atoms with Crippen molar-refractivity contribution in [2.75, 3.05) is 92.5 Å². The largest absolute Gasteiger partial charge is 0.481 e. The number of hydrogen-bond acceptors (Lipinski definition) is 42. The highest BCUT2D eigenvalue weighted by Crippen LogP contribution is 2.45. The summed E-state index contributed by atoms with van der Waals surface area (Å²) >= 11 is 0. The van der Waals surface area contributed by atoms with Gasteiger partial charge in [0.05, 0.1) is 0 Å². The van der Waals surface area contributed by atoms with E-state index in [0.717, 1.165) is 0 Å². The fourth-order valence-corrected chi connectivity index (χ4v) is 12.3. The zero-order valence-electron chi connectivity index (χ0n) is 71.0. The third-order valence-electron chi connectivity index (χ3n) is 18.5. The fraction of sp³-hybridized carbons (Fsp3) is 0.273. The second kappa shape index (κ2) is 51.1. The molecule has 14 bridgehead atoms. The number of carbonyl (C=O) groups excluding carboxylic acids is 14. The van der Waals surface area contributed by atoms with E-state index in [4.69, 9.17) is 134 Å². The topological polar surface area (TPSA) is 884 Å². The van der Waals surface area contributed by atoms with Crippen LogP contribution in [-0.2, 0) is 180 Å². The Kier molecular flexibility index (Phi) is 39.2. The van der Waals surface area contributed by atoms with Crippen molar-refractivity contribution >= 4 is 83.6 Å². The molecule has 14 aliphatic rings. The normalized spacial score (nSPS) is 11.3. The highest BCUT2D eigenvalue weighted by molar-refractivity contribution is 5.77. The SMILES string of the molecule is [NH3+]OC(=O)COc1cc2c(OCC(=O)O[NH3+])cc1Cc1cc(OCC(=O)O[NH3+])c(cc1OCC(=O)O[NH3+])Cc1cc(OCC(=O)O[NH3+])c(cc1OCC(=O)O[NH3+])Cc1cc(OCC(=O)O[NH3+])c(cc1OCC(=O)O[NH3+])Cc1cc(OCC(=O)O[NH3+])c(cc1OCC(=O)O[NH3+])Cc1cc(OCC(=O)O[NH3+])c(cc1OCC(=O)O[NH3+])Cc1cc(OCC(=O)O[NH3+])c(cc1OCC(=O)O[NH3+])C2. The minimum atomic E-state index is -1.05. The van der Waals surface area contributed by atoms with Gasteiger partial charge in [-0.2, -0.15) is 82.6 Å². The predicted octanol–water partition coefficient (Wildman–Crippen LogP) is -15.8. The van der Waals surface area contributed by atoms with Crippen molar-refractivity contribution in [1.82, 2.24) is 0 Å². The van der Waals surface area contributed by atoms with Gasteiger partial charge in [-0.15, -0.1) is 0 Å². The smallest absolute Gasteiger partial charge is 0.403 e. The van der Waals surface area contributed by atoms with E-state index < -0.39 is 221 Å². The Balaban J connectivity index is 1.60. The van der Waals surface area contributed by atoms with E-state index in [1.165, 1.54) is 84.9 Å². The molecule has 133 heavy (non-hydrogen) atoms. The van der Waals surface area contributed by atoms with Gasteiger partial charge >= 0.3 is 83.6 Å². The Morgan fingerprint density at radius 2 is 0.195 bits per heavy atom. The van der Waals surface area contributed by atoms with E-state index in [9.17, 15) is 67.1 Å². The summed E-state index contributed by atoms with van der Waals surface area (Å²) in [6.07, 6.45) is -3.33. The lowest BCUT2D eigenvalue weighted by Gasteiger charge is -2.22. The standard InChI is InChI=1S/C77H98N14O42/c78-120-64(92)22-106-50-10-38-2-40-12-56(112-28-70(98)126-84)42(14-54(40)110-26-68(96)124-82)4-44-16-60(116-32-74(102)130-88)46(18-58(44)114-30-72(100)128-86)6-48-20-63(119-35-77(105)133-91)49(21-62(48)118-34-76(104)132-90)7-47-19-59(115-31-73(101)129-87)45(17-61(47)117-33-75(103)131-89)5-43-15-55(111-27-69(97)125-83)41(13-57(43)113-29-71(99)127-85)3-39-11-51(107-23-65(93)121-79)37(9-53(39)109-25-67(95)123-81)1-36(50)8-52(38)108-24-66(94)122-80/h8-21H,1-7,22-35H2,78-91H3/q+14. The fourth-order valence-electron chi connectivity index (χ4n) is 12.3. The molecule has 21 rings (SSSR count). The summed E-state index contributed by atoms with van der Waals surface area (Å²) < 4.78 is 86.9. The molecule has 56 heteroatoms. The van der Waals surface area contributed by atoms with Gasteiger partial charge in [-0.05, 0) is 84.9 Å². The van der Waals surface area contributed by atoms with Crippen LogP contribution in [0.15, 0.2) is 84.9 Å². The first kappa shape index (κ1) is 102. The van der Waals surface area contributed by atoms with Crippen LogP contribution in [0.25, 0.3) is 0 Å². The third kappa shape index (κ3) is 30.5. The Morgan fingerprint density at radius 3 is 0.248 bits per heavy atom. The molecule has 7 aromatic carbocycles. The monoisotopic (exact) mass is 1890 g/mol. The van der Waals surface area contributed by atoms with Gasteiger partial charge in [0.1, 0.15) is 80.5 Å². The lowest BCUT2D eigenvalue weighted by molar-refractivity contribution is -0.657. The van der Waals surface area contributed by atoms with E-state index in [2.05, 4.69) is 82.6 Å². The Bertz CT molecular complexity index is 4210. The summed E-state index contributed by atoms with van der Waals surface area (Å²) in [6.45, 7) is -12.5. The maximum absolute atomic E-state index is 13.2. The van der Waals surface area contributed by atoms with Crippen molar-refractivity contribution < 1.29 is 284 Å². The maximum Gasteiger partial charge on any atom is 0.403 e. The molecule has 0 amide bonds. The van der Waals surface area contributed by atoms with E-state index in [1.807, 2.05) is 0 Å². The van der Waals surface area contributed by atoms with Crippen molar-refractivity contribution in [2.45, 2.75) is 44.9 Å². The molecule has 714 valence electrons. The van der Waals surface area contributed by atoms with E-state index in [0.29, 0.717) is 0 Å². The molecule has 0 radical (unpaired) electrons. The molecule has 0 aliphatic heterocycles. The molecule has 0 saturated carbocycles. The van der Waals surface area contributed by atoms with Crippen LogP contribution in [0.1, 0.15) is 77.9 Å². The Morgan fingerprint density at radius 1 is 0.135 bits per heavy atom. The first-order chi connectivity index (χ1) is 63.9. The molecule has 0 aromatic heterocycles. The van der Waals surface area contributed by atoms with Crippen molar-refractivity contribution in [3.05, 3.63) is 163 Å². The van der Waals surface area contributed by atoms with Gasteiger partial charge in [0.25, 0.3) is 0 Å². The van der Waals surface area contributed by atoms with Crippen LogP contribution in [-0.4, -0.2) is 176 Å². The minimum absolute atomic E-state index is 0.0121. The van der Waals surface area contributed by atoms with Gasteiger partial charge in [0.15, 0.2) is 92.5 Å². The van der Waals surface area contributed by atoms with Crippen molar-refractivity contribution in [1.29, 1.82) is 0 Å². The van der Waals surface area contributed by atoms with Gasteiger partial charge < -0.3 is 66.3 Å². The minimum Gasteiger partial charge on any atom is -0.481 e. The molecular weight excluding hydrogens is 1790 g/mol. The van der Waals surface area contributed by atoms with Crippen LogP contribution < -0.4 is 149 Å². The number of hydrogen-bond donors (Lipinski definition) is 14. The summed E-state index contributed by atoms with van der Waals surface area (Å²) in [5, 5.41) is 0. The summed E-state index contributed by atoms with van der Waals surface area (Å²) in [7, 11) is 0. The quantitative estimate of drug-likeness (QED) is 0.0158. The van der Waals surface area contributed by atoms with Crippen LogP contribution in [0.2, 0.25) is 0 Å². The summed E-state index contributed by atoms with van der Waals surface area (Å²) in [5.41, 5.74) is 0.169. The lowest BCUT2D eigenvalue weighted by Crippen LogP contribution is -2.52. The first-order valence-corrected chi connectivity index (χ1v) is 38.1. The molecule has 0 atom stereocenters. The zero-order valence-corrected chi connectivity index (χ0v) is 71.0. The molecule has 42 N–H and O–H groups in total. The summed E-state index contributed by atoms with van der Waals surface area (Å²) in [5.74, 6) is 27.0. The highest BCUT2D eigenvalue weighted by atomic mass is 16.7. The van der Waals surface area contributed by atoms with Crippen LogP contribution in [0.5, 0.6) is 80.5 Å². The van der Waals surface area contributed by atoms with E-state index in [1.54, 1.807) is 0 Å². The molecule has 0 saturated heterocycles. The number of quaternary nitrogens is 14. The summed E-state index contributed by atoms with van der Waals surface area (Å²) in [4.78, 5) is 251. The predicted molar refractivity (Wildman–Crippen MR) is 407 cm³/mol. The number of carbonyl (C=O) groups is 14. The average Bonchev–Trinajstić information content (AvgIpc) is 0.804. The Labute approximate surface area is 745 Å². The first-order valence-electron chi connectivity index (χ1n) is 38.1. The number of benzene rings is 7. The zero-order chi connectivity index (χ0) is 96.8. The van der Waals surface area contributed by atoms with Gasteiger partial charge in [-0.25, -0.2) is 67.1 Å². The van der Waals surface area contributed by atoms with Crippen LogP contribution in [0.4, 0.5) is 0 Å². The van der Waals surface area contributed by atoms with Crippen molar-refractivity contribution in [2.24, 2.45) is 0 Å². The van der Waals surface area contributed by atoms with Crippen molar-refractivity contribution in [3.8, 4) is 80.5 Å². The molecule has 7 aromatic rings. The summed E-state index contributed by atoms with van der Waals surface area (Å²) in [6, 6.07) is 18.4. The molecule has 14 aliphatic carbocycles. The average molecular weight is 1890 g/mol. The highest BCUT2D eigenvalue weighted by Gasteiger charge is 2.31. The van der Waals surface area contributed by atoms with Crippen LogP contribution in [0, 0.1) is 0 Å². The van der Waals surface area contributed by atoms with Crippen LogP contribution >= 0.6 is 0 Å². The number of ether oxygens (including phenoxy) is 14. The van der Waals surface area contributed by atoms with Crippen LogP contribution in [0.3, 0.4) is 0 Å². The molecular formula is C77H98N14O42+14. The second-order valence-corrected chi connectivity index (χ2v) is 27.0. The third-order valence-corrected chi connectivity index (χ3v) is 18.5. The van der Waals surface area contributed by atoms with Gasteiger partial charge in [0.2, 0.25) is 0 Å². The Hall–Kier alpha value is -16.2. The van der Waals surface area contributed by atoms with E-state index >= 15 is 0 Å². The molecule has 0 fully saturated rings. The molecule has 0 unspecified atom stereocenters. The second-order valence-electron chi connectivity index (χ2n) is 27.0. The number of rotatable bonds is 42. The lowest BCUT2D eigenvalue weighted by atomic mass is 9.93.